The van der Waals surface area contributed by atoms with Crippen molar-refractivity contribution in [3.05, 3.63) is 0 Å². The Morgan fingerprint density at radius 3 is 2.39 bits per heavy atom. The van der Waals surface area contributed by atoms with Crippen molar-refractivity contribution >= 4 is 5.97 Å². The van der Waals surface area contributed by atoms with Crippen LogP contribution in [0.25, 0.3) is 0 Å². The van der Waals surface area contributed by atoms with Crippen LogP contribution in [0.4, 0.5) is 0 Å². The van der Waals surface area contributed by atoms with Crippen molar-refractivity contribution < 1.29 is 19.7 Å². The van der Waals surface area contributed by atoms with Gasteiger partial charge in [0, 0.05) is 12.6 Å². The quantitative estimate of drug-likeness (QED) is 0.712. The highest BCUT2D eigenvalue weighted by atomic mass is 16.5. The first-order chi connectivity index (χ1) is 8.47. The molecule has 0 aromatic carbocycles. The van der Waals surface area contributed by atoms with E-state index >= 15 is 0 Å². The van der Waals surface area contributed by atoms with E-state index in [0.717, 1.165) is 6.54 Å². The maximum atomic E-state index is 11.2. The number of carbonyl (C=O) groups is 1. The van der Waals surface area contributed by atoms with E-state index in [2.05, 4.69) is 0 Å². The number of nitrogens with zero attached hydrogens (tertiary/aromatic N) is 1. The number of rotatable bonds is 7. The molecule has 2 unspecified atom stereocenters. The highest BCUT2D eigenvalue weighted by Crippen LogP contribution is 2.24. The lowest BCUT2D eigenvalue weighted by Crippen LogP contribution is -2.50. The minimum atomic E-state index is -0.813. The summed E-state index contributed by atoms with van der Waals surface area (Å²) >= 11 is 0. The highest BCUT2D eigenvalue weighted by molar-refractivity contribution is 5.71. The summed E-state index contributed by atoms with van der Waals surface area (Å²) in [5, 5.41) is 19.6. The monoisotopic (exact) mass is 259 g/mol. The molecule has 1 aliphatic heterocycles. The van der Waals surface area contributed by atoms with E-state index in [0.29, 0.717) is 26.0 Å². The summed E-state index contributed by atoms with van der Waals surface area (Å²) in [6.45, 7) is 7.84. The average Bonchev–Trinajstić information content (AvgIpc) is 2.85. The maximum absolute atomic E-state index is 11.2. The molecule has 0 amide bonds. The molecule has 1 rings (SSSR count). The summed E-state index contributed by atoms with van der Waals surface area (Å²) < 4.78 is 5.29. The molecule has 5 heteroatoms. The Labute approximate surface area is 109 Å². The second-order valence-electron chi connectivity index (χ2n) is 5.04. The molecule has 1 saturated heterocycles. The van der Waals surface area contributed by atoms with Gasteiger partial charge in [-0.05, 0) is 19.4 Å². The fraction of sp³-hybridized carbons (Fsp3) is 0.923. The van der Waals surface area contributed by atoms with Crippen LogP contribution < -0.4 is 0 Å². The summed E-state index contributed by atoms with van der Waals surface area (Å²) in [4.78, 5) is 13.2. The van der Waals surface area contributed by atoms with Crippen LogP contribution in [0.5, 0.6) is 0 Å². The molecule has 0 aromatic rings. The Balaban J connectivity index is 2.74. The third-order valence-electron chi connectivity index (χ3n) is 4.06. The molecule has 0 saturated carbocycles. The zero-order valence-corrected chi connectivity index (χ0v) is 11.6. The van der Waals surface area contributed by atoms with E-state index in [1.54, 1.807) is 0 Å². The topological polar surface area (TPSA) is 70.0 Å². The predicted molar refractivity (Wildman–Crippen MR) is 68.5 cm³/mol. The van der Waals surface area contributed by atoms with E-state index in [-0.39, 0.29) is 12.6 Å². The van der Waals surface area contributed by atoms with E-state index < -0.39 is 17.5 Å². The maximum Gasteiger partial charge on any atom is 0.310 e. The SMILES string of the molecule is CCN(CC(O)(CC)CC)C1COCC1C(=O)O. The van der Waals surface area contributed by atoms with Crippen LogP contribution in [0.3, 0.4) is 0 Å². The normalized spacial score (nSPS) is 24.7. The first-order valence-corrected chi connectivity index (χ1v) is 6.74. The smallest absolute Gasteiger partial charge is 0.310 e. The lowest BCUT2D eigenvalue weighted by Gasteiger charge is -2.36. The Morgan fingerprint density at radius 1 is 1.33 bits per heavy atom. The fourth-order valence-corrected chi connectivity index (χ4v) is 2.45. The highest BCUT2D eigenvalue weighted by Gasteiger charge is 2.39. The molecule has 1 aliphatic rings. The van der Waals surface area contributed by atoms with Gasteiger partial charge in [0.1, 0.15) is 0 Å². The van der Waals surface area contributed by atoms with Crippen molar-refractivity contribution in [3.63, 3.8) is 0 Å². The Morgan fingerprint density at radius 2 is 1.94 bits per heavy atom. The third-order valence-corrected chi connectivity index (χ3v) is 4.06. The first kappa shape index (κ1) is 15.4. The van der Waals surface area contributed by atoms with Gasteiger partial charge < -0.3 is 14.9 Å². The molecule has 0 aliphatic carbocycles. The summed E-state index contributed by atoms with van der Waals surface area (Å²) in [7, 11) is 0. The van der Waals surface area contributed by atoms with E-state index in [4.69, 9.17) is 4.74 Å². The lowest BCUT2D eigenvalue weighted by molar-refractivity contribution is -0.143. The van der Waals surface area contributed by atoms with Crippen LogP contribution in [-0.4, -0.2) is 59.0 Å². The second kappa shape index (κ2) is 6.50. The van der Waals surface area contributed by atoms with E-state index in [1.165, 1.54) is 0 Å². The number of likely N-dealkylation sites (N-methyl/N-ethyl adjacent to an activating group) is 1. The molecular formula is C13H25NO4. The summed E-state index contributed by atoms with van der Waals surface area (Å²) in [5.41, 5.74) is -0.734. The molecule has 2 N–H and O–H groups in total. The van der Waals surface area contributed by atoms with E-state index in [9.17, 15) is 15.0 Å². The summed E-state index contributed by atoms with van der Waals surface area (Å²) in [6.07, 6.45) is 1.34. The molecule has 5 nitrogen and oxygen atoms in total. The fourth-order valence-electron chi connectivity index (χ4n) is 2.45. The van der Waals surface area contributed by atoms with Crippen molar-refractivity contribution in [1.29, 1.82) is 0 Å². The van der Waals surface area contributed by atoms with Crippen LogP contribution in [-0.2, 0) is 9.53 Å². The van der Waals surface area contributed by atoms with Crippen molar-refractivity contribution in [2.75, 3.05) is 26.3 Å². The second-order valence-corrected chi connectivity index (χ2v) is 5.04. The van der Waals surface area contributed by atoms with Crippen LogP contribution in [0.2, 0.25) is 0 Å². The summed E-state index contributed by atoms with van der Waals surface area (Å²) in [5.74, 6) is -1.30. The number of hydrogen-bond donors (Lipinski definition) is 2. The average molecular weight is 259 g/mol. The van der Waals surface area contributed by atoms with Crippen molar-refractivity contribution in [1.82, 2.24) is 4.90 Å². The zero-order chi connectivity index (χ0) is 13.8. The molecule has 0 spiro atoms. The van der Waals surface area contributed by atoms with Gasteiger partial charge in [-0.2, -0.15) is 0 Å². The van der Waals surface area contributed by atoms with Crippen molar-refractivity contribution in [3.8, 4) is 0 Å². The van der Waals surface area contributed by atoms with Crippen LogP contribution in [0.1, 0.15) is 33.6 Å². The number of aliphatic hydroxyl groups is 1. The molecule has 18 heavy (non-hydrogen) atoms. The molecule has 2 atom stereocenters. The predicted octanol–water partition coefficient (Wildman–Crippen LogP) is 0.959. The first-order valence-electron chi connectivity index (χ1n) is 6.74. The largest absolute Gasteiger partial charge is 0.481 e. The van der Waals surface area contributed by atoms with Gasteiger partial charge in [0.2, 0.25) is 0 Å². The molecular weight excluding hydrogens is 234 g/mol. The van der Waals surface area contributed by atoms with Gasteiger partial charge in [0.15, 0.2) is 0 Å². The zero-order valence-electron chi connectivity index (χ0n) is 11.6. The molecule has 0 radical (unpaired) electrons. The van der Waals surface area contributed by atoms with Gasteiger partial charge in [0.05, 0.1) is 24.7 Å². The third kappa shape index (κ3) is 3.43. The Bertz CT molecular complexity index is 278. The number of aliphatic carboxylic acids is 1. The standard InChI is InChI=1S/C13H25NO4/c1-4-13(17,5-2)9-14(6-3)11-8-18-7-10(11)12(15)16/h10-11,17H,4-9H2,1-3H3,(H,15,16). The minimum Gasteiger partial charge on any atom is -0.481 e. The lowest BCUT2D eigenvalue weighted by atomic mass is 9.94. The van der Waals surface area contributed by atoms with Crippen molar-refractivity contribution in [2.24, 2.45) is 5.92 Å². The van der Waals surface area contributed by atoms with Crippen LogP contribution in [0, 0.1) is 5.92 Å². The molecule has 106 valence electrons. The van der Waals surface area contributed by atoms with E-state index in [1.807, 2.05) is 25.7 Å². The van der Waals surface area contributed by atoms with Gasteiger partial charge in [-0.1, -0.05) is 20.8 Å². The Kier molecular flexibility index (Phi) is 5.56. The van der Waals surface area contributed by atoms with Gasteiger partial charge in [-0.25, -0.2) is 0 Å². The van der Waals surface area contributed by atoms with Crippen LogP contribution in [0.15, 0.2) is 0 Å². The molecule has 0 bridgehead atoms. The number of carboxylic acids is 1. The minimum absolute atomic E-state index is 0.128. The molecule has 1 heterocycles. The van der Waals surface area contributed by atoms with Gasteiger partial charge in [-0.3, -0.25) is 9.69 Å². The Hall–Kier alpha value is -0.650. The molecule has 1 fully saturated rings. The van der Waals surface area contributed by atoms with Crippen LogP contribution >= 0.6 is 0 Å². The number of carboxylic acid groups (broad SMARTS) is 1. The number of hydrogen-bond acceptors (Lipinski definition) is 4. The summed E-state index contributed by atoms with van der Waals surface area (Å²) in [6, 6.07) is -0.128. The molecule has 0 aromatic heterocycles. The van der Waals surface area contributed by atoms with Crippen molar-refractivity contribution in [2.45, 2.75) is 45.3 Å². The van der Waals surface area contributed by atoms with Gasteiger partial charge >= 0.3 is 5.97 Å². The van der Waals surface area contributed by atoms with Gasteiger partial charge in [-0.15, -0.1) is 0 Å². The van der Waals surface area contributed by atoms with Gasteiger partial charge in [0.25, 0.3) is 0 Å². The number of ether oxygens (including phenoxy) is 1.